The predicted molar refractivity (Wildman–Crippen MR) is 76.9 cm³/mol. The number of phenolic OH excluding ortho intramolecular Hbond substituents is 1. The molecule has 3 aromatic rings. The molecule has 0 unspecified atom stereocenters. The molecule has 0 saturated heterocycles. The zero-order valence-corrected chi connectivity index (χ0v) is 10.9. The Hall–Kier alpha value is -2.27. The lowest BCUT2D eigenvalue weighted by Gasteiger charge is -2.08. The number of nitrogens with two attached hydrogens (primary N) is 1. The second-order valence-electron chi connectivity index (χ2n) is 4.29. The molecule has 2 heterocycles. The minimum absolute atomic E-state index is 0.0943. The predicted octanol–water partition coefficient (Wildman–Crippen LogP) is 2.24. The van der Waals surface area contributed by atoms with Gasteiger partial charge in [-0.05, 0) is 11.6 Å². The Balaban J connectivity index is 2.15. The number of fused-ring (bicyclic) bond motifs is 1. The quantitative estimate of drug-likeness (QED) is 0.751. The summed E-state index contributed by atoms with van der Waals surface area (Å²) in [6.45, 7) is 0. The molecule has 4 nitrogen and oxygen atoms in total. The van der Waals surface area contributed by atoms with Gasteiger partial charge in [-0.1, -0.05) is 18.2 Å². The van der Waals surface area contributed by atoms with E-state index < -0.39 is 0 Å². The van der Waals surface area contributed by atoms with Crippen LogP contribution in [0.5, 0.6) is 5.75 Å². The highest BCUT2D eigenvalue weighted by molar-refractivity contribution is 7.15. The largest absolute Gasteiger partial charge is 0.508 e. The molecule has 0 spiro atoms. The Morgan fingerprint density at radius 1 is 1.32 bits per heavy atom. The Labute approximate surface area is 113 Å². The summed E-state index contributed by atoms with van der Waals surface area (Å²) in [5.74, 6) is 0.615. The van der Waals surface area contributed by atoms with Crippen molar-refractivity contribution in [3.8, 4) is 5.75 Å². The van der Waals surface area contributed by atoms with Gasteiger partial charge in [-0.3, -0.25) is 9.20 Å². The van der Waals surface area contributed by atoms with Crippen molar-refractivity contribution in [2.24, 2.45) is 0 Å². The number of hydrogen-bond donors (Lipinski definition) is 2. The van der Waals surface area contributed by atoms with E-state index in [1.807, 2.05) is 17.6 Å². The zero-order chi connectivity index (χ0) is 13.4. The Bertz CT molecular complexity index is 805. The van der Waals surface area contributed by atoms with Gasteiger partial charge in [-0.25, -0.2) is 0 Å². The van der Waals surface area contributed by atoms with Crippen molar-refractivity contribution in [1.82, 2.24) is 4.40 Å². The van der Waals surface area contributed by atoms with E-state index >= 15 is 0 Å². The molecule has 0 aliphatic heterocycles. The topological polar surface area (TPSA) is 67.7 Å². The van der Waals surface area contributed by atoms with Crippen molar-refractivity contribution in [1.29, 1.82) is 0 Å². The van der Waals surface area contributed by atoms with Crippen LogP contribution >= 0.6 is 11.3 Å². The van der Waals surface area contributed by atoms with Crippen molar-refractivity contribution in [2.45, 2.75) is 6.42 Å². The zero-order valence-electron chi connectivity index (χ0n) is 10.0. The number of phenols is 1. The molecule has 0 saturated carbocycles. The maximum Gasteiger partial charge on any atom is 0.188 e. The first-order chi connectivity index (χ1) is 9.16. The molecule has 0 radical (unpaired) electrons. The fourth-order valence-corrected chi connectivity index (χ4v) is 2.86. The minimum Gasteiger partial charge on any atom is -0.508 e. The van der Waals surface area contributed by atoms with Crippen molar-refractivity contribution in [2.75, 3.05) is 5.73 Å². The van der Waals surface area contributed by atoms with Gasteiger partial charge in [0.1, 0.15) is 16.4 Å². The minimum atomic E-state index is -0.0943. The molecule has 3 rings (SSSR count). The fraction of sp³-hybridized carbons (Fsp3) is 0.0714. The van der Waals surface area contributed by atoms with E-state index in [1.54, 1.807) is 28.7 Å². The maximum atomic E-state index is 12.1. The van der Waals surface area contributed by atoms with Crippen molar-refractivity contribution >= 4 is 22.0 Å². The van der Waals surface area contributed by atoms with Crippen LogP contribution in [0.15, 0.2) is 46.7 Å². The number of nitrogens with zero attached hydrogens (tertiary/aromatic N) is 1. The van der Waals surface area contributed by atoms with Gasteiger partial charge >= 0.3 is 0 Å². The highest BCUT2D eigenvalue weighted by atomic mass is 32.1. The van der Waals surface area contributed by atoms with E-state index in [4.69, 9.17) is 5.73 Å². The molecular weight excluding hydrogens is 260 g/mol. The summed E-state index contributed by atoms with van der Waals surface area (Å²) in [5.41, 5.74) is 7.16. The third-order valence-electron chi connectivity index (χ3n) is 3.12. The van der Waals surface area contributed by atoms with Gasteiger partial charge in [-0.2, -0.15) is 0 Å². The van der Waals surface area contributed by atoms with Gasteiger partial charge in [0, 0.05) is 29.6 Å². The molecule has 0 bridgehead atoms. The third kappa shape index (κ3) is 1.98. The van der Waals surface area contributed by atoms with Crippen LogP contribution in [0.25, 0.3) is 4.83 Å². The van der Waals surface area contributed by atoms with E-state index in [9.17, 15) is 9.90 Å². The molecular formula is C14H12N2O2S. The number of benzene rings is 1. The van der Waals surface area contributed by atoms with E-state index in [0.29, 0.717) is 23.4 Å². The van der Waals surface area contributed by atoms with Crippen LogP contribution in [-0.4, -0.2) is 9.51 Å². The Morgan fingerprint density at radius 2 is 2.11 bits per heavy atom. The number of para-hydroxylation sites is 1. The number of anilines is 1. The second kappa shape index (κ2) is 4.44. The molecule has 0 atom stereocenters. The van der Waals surface area contributed by atoms with Gasteiger partial charge in [0.05, 0.1) is 0 Å². The molecule has 2 aromatic heterocycles. The summed E-state index contributed by atoms with van der Waals surface area (Å²) < 4.78 is 1.79. The first kappa shape index (κ1) is 11.8. The van der Waals surface area contributed by atoms with Crippen molar-refractivity contribution in [3.05, 3.63) is 63.3 Å². The summed E-state index contributed by atoms with van der Waals surface area (Å²) in [6.07, 6.45) is 2.17. The lowest BCUT2D eigenvalue weighted by Crippen LogP contribution is -2.15. The maximum absolute atomic E-state index is 12.1. The van der Waals surface area contributed by atoms with Gasteiger partial charge < -0.3 is 10.8 Å². The van der Waals surface area contributed by atoms with Crippen LogP contribution in [0.3, 0.4) is 0 Å². The fourth-order valence-electron chi connectivity index (χ4n) is 2.09. The molecule has 1 aromatic carbocycles. The van der Waals surface area contributed by atoms with E-state index in [2.05, 4.69) is 0 Å². The van der Waals surface area contributed by atoms with Gasteiger partial charge in [0.2, 0.25) is 0 Å². The van der Waals surface area contributed by atoms with E-state index in [0.717, 1.165) is 4.83 Å². The monoisotopic (exact) mass is 272 g/mol. The third-order valence-corrected chi connectivity index (χ3v) is 3.93. The summed E-state index contributed by atoms with van der Waals surface area (Å²) in [5, 5.41) is 11.7. The number of nitrogen functional groups attached to an aromatic ring is 1. The average Bonchev–Trinajstić information content (AvgIpc) is 2.84. The molecule has 3 N–H and O–H groups in total. The number of thiazole rings is 1. The smallest absolute Gasteiger partial charge is 0.188 e. The second-order valence-corrected chi connectivity index (χ2v) is 5.22. The van der Waals surface area contributed by atoms with Gasteiger partial charge in [0.15, 0.2) is 5.43 Å². The first-order valence-electron chi connectivity index (χ1n) is 5.81. The average molecular weight is 272 g/mol. The van der Waals surface area contributed by atoms with E-state index in [-0.39, 0.29) is 11.2 Å². The Morgan fingerprint density at radius 3 is 2.89 bits per heavy atom. The van der Waals surface area contributed by atoms with Crippen LogP contribution in [0, 0.1) is 0 Å². The number of pyridine rings is 1. The number of aromatic nitrogens is 1. The Kier molecular flexibility index (Phi) is 2.76. The molecule has 96 valence electrons. The van der Waals surface area contributed by atoms with Crippen LogP contribution < -0.4 is 11.2 Å². The number of rotatable bonds is 2. The highest BCUT2D eigenvalue weighted by Crippen LogP contribution is 2.22. The summed E-state index contributed by atoms with van der Waals surface area (Å²) in [7, 11) is 0. The van der Waals surface area contributed by atoms with E-state index in [1.165, 1.54) is 11.3 Å². The molecule has 0 aliphatic carbocycles. The lowest BCUT2D eigenvalue weighted by molar-refractivity contribution is 0.469. The molecule has 5 heteroatoms. The standard InChI is InChI=1S/C14H12N2O2S/c15-14-10(7-9-3-1-2-4-11(9)17)12(18)8-13-16(14)5-6-19-13/h1-6,8,17H,7,15H2. The molecule has 0 aliphatic rings. The number of aromatic hydroxyl groups is 1. The van der Waals surface area contributed by atoms with Crippen LogP contribution in [0.1, 0.15) is 11.1 Å². The normalized spacial score (nSPS) is 10.9. The van der Waals surface area contributed by atoms with Crippen LogP contribution in [0.4, 0.5) is 5.82 Å². The first-order valence-corrected chi connectivity index (χ1v) is 6.69. The SMILES string of the molecule is Nc1c(Cc2ccccc2O)c(=O)cc2sccn12. The lowest BCUT2D eigenvalue weighted by atomic mass is 10.0. The van der Waals surface area contributed by atoms with Crippen LogP contribution in [0.2, 0.25) is 0 Å². The number of hydrogen-bond acceptors (Lipinski definition) is 4. The van der Waals surface area contributed by atoms with Crippen molar-refractivity contribution < 1.29 is 5.11 Å². The molecule has 0 fully saturated rings. The van der Waals surface area contributed by atoms with Crippen LogP contribution in [-0.2, 0) is 6.42 Å². The summed E-state index contributed by atoms with van der Waals surface area (Å²) >= 11 is 1.47. The van der Waals surface area contributed by atoms with Gasteiger partial charge in [0.25, 0.3) is 0 Å². The van der Waals surface area contributed by atoms with Gasteiger partial charge in [-0.15, -0.1) is 11.3 Å². The van der Waals surface area contributed by atoms with Crippen molar-refractivity contribution in [3.63, 3.8) is 0 Å². The molecule has 0 amide bonds. The summed E-state index contributed by atoms with van der Waals surface area (Å²) in [4.78, 5) is 12.9. The highest BCUT2D eigenvalue weighted by Gasteiger charge is 2.12. The molecule has 19 heavy (non-hydrogen) atoms. The summed E-state index contributed by atoms with van der Waals surface area (Å²) in [6, 6.07) is 8.54.